The third kappa shape index (κ3) is 5.11. The van der Waals surface area contributed by atoms with E-state index in [1.54, 1.807) is 12.1 Å². The SMILES string of the molecule is C[NH+](CCOc1ccc(Br)cc1)Cc1nnc(-c2ccc(F)cc2)o1. The molecule has 0 aliphatic carbocycles. The summed E-state index contributed by atoms with van der Waals surface area (Å²) in [4.78, 5) is 1.19. The minimum atomic E-state index is -0.293. The van der Waals surface area contributed by atoms with E-state index in [1.807, 2.05) is 31.3 Å². The summed E-state index contributed by atoms with van der Waals surface area (Å²) >= 11 is 3.39. The predicted octanol–water partition coefficient (Wildman–Crippen LogP) is 2.73. The number of aromatic nitrogens is 2. The van der Waals surface area contributed by atoms with Crippen molar-refractivity contribution >= 4 is 15.9 Å². The average Bonchev–Trinajstić information content (AvgIpc) is 3.06. The minimum absolute atomic E-state index is 0.293. The number of benzene rings is 2. The summed E-state index contributed by atoms with van der Waals surface area (Å²) in [5.74, 6) is 1.49. The lowest BCUT2D eigenvalue weighted by Crippen LogP contribution is -3.08. The highest BCUT2D eigenvalue weighted by atomic mass is 79.9. The van der Waals surface area contributed by atoms with Crippen molar-refractivity contribution in [3.05, 3.63) is 64.7 Å². The lowest BCUT2D eigenvalue weighted by Gasteiger charge is -2.12. The van der Waals surface area contributed by atoms with Gasteiger partial charge in [-0.3, -0.25) is 0 Å². The summed E-state index contributed by atoms with van der Waals surface area (Å²) in [5, 5.41) is 8.07. The van der Waals surface area contributed by atoms with E-state index >= 15 is 0 Å². The summed E-state index contributed by atoms with van der Waals surface area (Å²) in [6, 6.07) is 13.7. The molecule has 0 amide bonds. The van der Waals surface area contributed by atoms with Gasteiger partial charge in [0.05, 0.1) is 7.05 Å². The minimum Gasteiger partial charge on any atom is -0.488 e. The van der Waals surface area contributed by atoms with Gasteiger partial charge in [0.15, 0.2) is 6.54 Å². The molecule has 3 rings (SSSR count). The highest BCUT2D eigenvalue weighted by molar-refractivity contribution is 9.10. The van der Waals surface area contributed by atoms with E-state index in [4.69, 9.17) is 9.15 Å². The molecule has 0 spiro atoms. The lowest BCUT2D eigenvalue weighted by molar-refractivity contribution is -0.895. The number of nitrogens with one attached hydrogen (secondary N) is 1. The molecule has 7 heteroatoms. The molecule has 130 valence electrons. The molecule has 2 aromatic carbocycles. The third-order valence-electron chi connectivity index (χ3n) is 3.62. The number of hydrogen-bond acceptors (Lipinski definition) is 4. The molecule has 0 bridgehead atoms. The number of nitrogens with zero attached hydrogens (tertiary/aromatic N) is 2. The molecule has 5 nitrogen and oxygen atoms in total. The Morgan fingerprint density at radius 2 is 1.80 bits per heavy atom. The topological polar surface area (TPSA) is 52.6 Å². The molecule has 0 aliphatic heterocycles. The maximum Gasteiger partial charge on any atom is 0.271 e. The van der Waals surface area contributed by atoms with Crippen molar-refractivity contribution < 1.29 is 18.4 Å². The Morgan fingerprint density at radius 3 is 2.52 bits per heavy atom. The molecular formula is C18H18BrFN3O2+. The van der Waals surface area contributed by atoms with Crippen LogP contribution in [0.1, 0.15) is 5.89 Å². The van der Waals surface area contributed by atoms with Crippen molar-refractivity contribution in [1.29, 1.82) is 0 Å². The maximum atomic E-state index is 13.0. The summed E-state index contributed by atoms with van der Waals surface area (Å²) in [6.07, 6.45) is 0. The van der Waals surface area contributed by atoms with Crippen molar-refractivity contribution in [2.45, 2.75) is 6.54 Å². The Labute approximate surface area is 153 Å². The van der Waals surface area contributed by atoms with Gasteiger partial charge in [0.25, 0.3) is 5.89 Å². The van der Waals surface area contributed by atoms with Crippen LogP contribution in [0.5, 0.6) is 5.75 Å². The number of halogens is 2. The number of ether oxygens (including phenoxy) is 1. The first kappa shape index (κ1) is 17.6. The Balaban J connectivity index is 1.48. The quantitative estimate of drug-likeness (QED) is 0.655. The monoisotopic (exact) mass is 406 g/mol. The highest BCUT2D eigenvalue weighted by Gasteiger charge is 2.13. The third-order valence-corrected chi connectivity index (χ3v) is 4.15. The van der Waals surface area contributed by atoms with E-state index in [0.29, 0.717) is 30.5 Å². The fourth-order valence-corrected chi connectivity index (χ4v) is 2.52. The van der Waals surface area contributed by atoms with E-state index in [1.165, 1.54) is 17.0 Å². The molecule has 1 unspecified atom stereocenters. The van der Waals surface area contributed by atoms with Gasteiger partial charge in [-0.1, -0.05) is 15.9 Å². The van der Waals surface area contributed by atoms with Gasteiger partial charge in [-0.2, -0.15) is 0 Å². The van der Waals surface area contributed by atoms with Crippen LogP contribution in [-0.2, 0) is 6.54 Å². The van der Waals surface area contributed by atoms with E-state index in [-0.39, 0.29) is 5.82 Å². The van der Waals surface area contributed by atoms with E-state index in [9.17, 15) is 4.39 Å². The Morgan fingerprint density at radius 1 is 1.08 bits per heavy atom. The van der Waals surface area contributed by atoms with Crippen LogP contribution in [0.25, 0.3) is 11.5 Å². The Kier molecular flexibility index (Phi) is 5.78. The normalized spacial score (nSPS) is 12.1. The predicted molar refractivity (Wildman–Crippen MR) is 94.8 cm³/mol. The van der Waals surface area contributed by atoms with E-state index < -0.39 is 0 Å². The van der Waals surface area contributed by atoms with Crippen LogP contribution in [0, 0.1) is 5.82 Å². The summed E-state index contributed by atoms with van der Waals surface area (Å²) in [6.45, 7) is 1.98. The number of quaternary nitrogens is 1. The van der Waals surface area contributed by atoms with Crippen LogP contribution in [0.15, 0.2) is 57.4 Å². The Bertz CT molecular complexity index is 806. The molecular weight excluding hydrogens is 389 g/mol. The van der Waals surface area contributed by atoms with Crippen LogP contribution < -0.4 is 9.64 Å². The molecule has 25 heavy (non-hydrogen) atoms. The molecule has 1 N–H and O–H groups in total. The van der Waals surface area contributed by atoms with Gasteiger partial charge in [0, 0.05) is 10.0 Å². The summed E-state index contributed by atoms with van der Waals surface area (Å²) in [5.41, 5.74) is 0.705. The maximum absolute atomic E-state index is 13.0. The molecule has 0 radical (unpaired) electrons. The van der Waals surface area contributed by atoms with Gasteiger partial charge in [-0.15, -0.1) is 10.2 Å². The first-order chi connectivity index (χ1) is 12.1. The van der Waals surface area contributed by atoms with E-state index in [2.05, 4.69) is 26.1 Å². The molecule has 1 aromatic heterocycles. The van der Waals surface area contributed by atoms with Gasteiger partial charge >= 0.3 is 0 Å². The largest absolute Gasteiger partial charge is 0.488 e. The molecule has 1 heterocycles. The zero-order chi connectivity index (χ0) is 17.6. The van der Waals surface area contributed by atoms with Crippen molar-refractivity contribution in [3.63, 3.8) is 0 Å². The molecule has 0 saturated heterocycles. The fourth-order valence-electron chi connectivity index (χ4n) is 2.25. The molecule has 1 atom stereocenters. The number of rotatable bonds is 7. The van der Waals surface area contributed by atoms with Crippen molar-refractivity contribution in [2.75, 3.05) is 20.2 Å². The smallest absolute Gasteiger partial charge is 0.271 e. The average molecular weight is 407 g/mol. The van der Waals surface area contributed by atoms with Gasteiger partial charge in [-0.25, -0.2) is 4.39 Å². The number of likely N-dealkylation sites (N-methyl/N-ethyl adjacent to an activating group) is 1. The molecule has 0 saturated carbocycles. The summed E-state index contributed by atoms with van der Waals surface area (Å²) < 4.78 is 25.3. The fraction of sp³-hybridized carbons (Fsp3) is 0.222. The standard InChI is InChI=1S/C18H17BrFN3O2/c1-23(10-11-24-16-8-4-14(19)5-9-16)12-17-21-22-18(25-17)13-2-6-15(20)7-3-13/h2-9H,10-12H2,1H3/p+1. The zero-order valence-electron chi connectivity index (χ0n) is 13.7. The second-order valence-corrected chi connectivity index (χ2v) is 6.61. The van der Waals surface area contributed by atoms with Crippen molar-refractivity contribution in [3.8, 4) is 17.2 Å². The highest BCUT2D eigenvalue weighted by Crippen LogP contribution is 2.18. The summed E-state index contributed by atoms with van der Waals surface area (Å²) in [7, 11) is 2.03. The van der Waals surface area contributed by atoms with Crippen LogP contribution in [-0.4, -0.2) is 30.4 Å². The van der Waals surface area contributed by atoms with Crippen LogP contribution in [0.4, 0.5) is 4.39 Å². The Hall–Kier alpha value is -2.25. The van der Waals surface area contributed by atoms with Gasteiger partial charge in [-0.05, 0) is 48.5 Å². The second kappa shape index (κ2) is 8.22. The first-order valence-corrected chi connectivity index (χ1v) is 8.67. The van der Waals surface area contributed by atoms with Crippen molar-refractivity contribution in [1.82, 2.24) is 10.2 Å². The lowest BCUT2D eigenvalue weighted by atomic mass is 10.2. The van der Waals surface area contributed by atoms with Crippen LogP contribution >= 0.6 is 15.9 Å². The van der Waals surface area contributed by atoms with Gasteiger partial charge in [0.1, 0.15) is 24.7 Å². The molecule has 0 aliphatic rings. The van der Waals surface area contributed by atoms with Crippen molar-refractivity contribution in [2.24, 2.45) is 0 Å². The van der Waals surface area contributed by atoms with E-state index in [0.717, 1.165) is 16.8 Å². The van der Waals surface area contributed by atoms with Gasteiger partial charge < -0.3 is 14.1 Å². The second-order valence-electron chi connectivity index (χ2n) is 5.69. The number of hydrogen-bond donors (Lipinski definition) is 1. The molecule has 0 fully saturated rings. The molecule has 3 aromatic rings. The first-order valence-electron chi connectivity index (χ1n) is 7.88. The van der Waals surface area contributed by atoms with Crippen LogP contribution in [0.2, 0.25) is 0 Å². The van der Waals surface area contributed by atoms with Gasteiger partial charge in [0.2, 0.25) is 5.89 Å². The zero-order valence-corrected chi connectivity index (χ0v) is 15.3. The van der Waals surface area contributed by atoms with Crippen LogP contribution in [0.3, 0.4) is 0 Å².